The van der Waals surface area contributed by atoms with Gasteiger partial charge < -0.3 is 14.1 Å². The van der Waals surface area contributed by atoms with Gasteiger partial charge in [-0.05, 0) is 25.0 Å². The minimum Gasteiger partial charge on any atom is -0.477 e. The summed E-state index contributed by atoms with van der Waals surface area (Å²) < 4.78 is 33.2. The molecule has 0 atom stereocenters. The van der Waals surface area contributed by atoms with Gasteiger partial charge in [-0.3, -0.25) is 0 Å². The monoisotopic (exact) mass is 310 g/mol. The quantitative estimate of drug-likeness (QED) is 0.843. The fourth-order valence-corrected chi connectivity index (χ4v) is 3.12. The zero-order chi connectivity index (χ0) is 15.0. The van der Waals surface area contributed by atoms with E-state index in [0.29, 0.717) is 5.56 Å². The predicted molar refractivity (Wildman–Crippen MR) is 72.4 cm³/mol. The van der Waals surface area contributed by atoms with E-state index in [-0.39, 0.29) is 23.2 Å². The van der Waals surface area contributed by atoms with Crippen LogP contribution in [0.1, 0.15) is 34.9 Å². The number of hydrogen-bond acceptors (Lipinski definition) is 4. The summed E-state index contributed by atoms with van der Waals surface area (Å²) in [7, 11) is -3.75. The van der Waals surface area contributed by atoms with E-state index in [0.717, 1.165) is 12.8 Å². The van der Waals surface area contributed by atoms with Crippen LogP contribution in [0.3, 0.4) is 0 Å². The van der Waals surface area contributed by atoms with Gasteiger partial charge in [-0.25, -0.2) is 17.9 Å². The maximum atomic E-state index is 12.2. The average molecular weight is 310 g/mol. The molecule has 2 aromatic rings. The van der Waals surface area contributed by atoms with Crippen LogP contribution in [0.15, 0.2) is 40.2 Å². The number of nitrogens with one attached hydrogen (secondary N) is 1. The second kappa shape index (κ2) is 5.05. The van der Waals surface area contributed by atoms with Gasteiger partial charge in [-0.2, -0.15) is 0 Å². The first kappa shape index (κ1) is 13.9. The van der Waals surface area contributed by atoms with E-state index in [1.807, 2.05) is 0 Å². The van der Waals surface area contributed by atoms with E-state index >= 15 is 0 Å². The molecule has 0 spiro atoms. The maximum Gasteiger partial charge on any atom is 0.352 e. The number of carboxylic acids is 1. The van der Waals surface area contributed by atoms with E-state index in [2.05, 4.69) is 4.72 Å². The van der Waals surface area contributed by atoms with Crippen molar-refractivity contribution in [3.8, 4) is 0 Å². The number of furan rings is 1. The summed E-state index contributed by atoms with van der Waals surface area (Å²) in [4.78, 5) is 11.2. The van der Waals surface area contributed by atoms with Gasteiger partial charge in [0.25, 0.3) is 0 Å². The number of nitrogens with zero attached hydrogens (tertiary/aromatic N) is 1. The highest BCUT2D eigenvalue weighted by Crippen LogP contribution is 2.37. The van der Waals surface area contributed by atoms with Crippen LogP contribution in [0.25, 0.3) is 0 Å². The smallest absolute Gasteiger partial charge is 0.352 e. The fraction of sp³-hybridized carbons (Fsp3) is 0.308. The second-order valence-electron chi connectivity index (χ2n) is 4.96. The molecule has 0 saturated heterocycles. The summed E-state index contributed by atoms with van der Waals surface area (Å²) in [6.07, 6.45) is 6.03. The Hall–Kier alpha value is -2.06. The van der Waals surface area contributed by atoms with Crippen molar-refractivity contribution < 1.29 is 22.7 Å². The van der Waals surface area contributed by atoms with Crippen LogP contribution in [0.2, 0.25) is 0 Å². The van der Waals surface area contributed by atoms with Crippen LogP contribution in [0, 0.1) is 0 Å². The number of aromatic nitrogens is 1. The zero-order valence-corrected chi connectivity index (χ0v) is 11.8. The Kier molecular flexibility index (Phi) is 3.34. The number of carboxylic acid groups (broad SMARTS) is 1. The summed E-state index contributed by atoms with van der Waals surface area (Å²) in [6, 6.07) is 2.94. The van der Waals surface area contributed by atoms with Gasteiger partial charge in [-0.15, -0.1) is 0 Å². The van der Waals surface area contributed by atoms with Gasteiger partial charge in [0.05, 0.1) is 12.5 Å². The Morgan fingerprint density at radius 3 is 2.81 bits per heavy atom. The number of sulfonamides is 1. The number of aromatic carboxylic acids is 1. The van der Waals surface area contributed by atoms with Crippen molar-refractivity contribution in [1.82, 2.24) is 9.29 Å². The molecule has 0 amide bonds. The molecule has 8 heteroatoms. The lowest BCUT2D eigenvalue weighted by Gasteiger charge is -2.03. The summed E-state index contributed by atoms with van der Waals surface area (Å²) in [5, 5.41) is 9.15. The molecule has 2 aromatic heterocycles. The number of rotatable bonds is 6. The molecule has 2 N–H and O–H groups in total. The first-order valence-electron chi connectivity index (χ1n) is 6.43. The number of hydrogen-bond donors (Lipinski definition) is 2. The molecule has 1 aliphatic rings. The molecule has 0 aromatic carbocycles. The van der Waals surface area contributed by atoms with E-state index < -0.39 is 16.0 Å². The minimum absolute atomic E-state index is 0.00110. The highest BCUT2D eigenvalue weighted by Gasteiger charge is 2.30. The largest absolute Gasteiger partial charge is 0.477 e. The van der Waals surface area contributed by atoms with E-state index in [1.54, 1.807) is 6.07 Å². The molecule has 2 heterocycles. The molecule has 1 saturated carbocycles. The molecule has 1 fully saturated rings. The van der Waals surface area contributed by atoms with Gasteiger partial charge in [0, 0.05) is 24.3 Å². The lowest BCUT2D eigenvalue weighted by molar-refractivity contribution is 0.0685. The van der Waals surface area contributed by atoms with Crippen molar-refractivity contribution in [3.05, 3.63) is 42.1 Å². The van der Waals surface area contributed by atoms with Gasteiger partial charge in [-0.1, -0.05) is 0 Å². The Bertz CT molecular complexity index is 757. The van der Waals surface area contributed by atoms with Gasteiger partial charge in [0.1, 0.15) is 10.6 Å². The lowest BCUT2D eigenvalue weighted by atomic mass is 10.4. The SMILES string of the molecule is O=C(O)c1cc(S(=O)(=O)NCc2ccoc2)cn1C1CC1. The fourth-order valence-electron chi connectivity index (χ4n) is 2.08. The van der Waals surface area contributed by atoms with Crippen molar-refractivity contribution >= 4 is 16.0 Å². The van der Waals surface area contributed by atoms with Crippen LogP contribution < -0.4 is 4.72 Å². The van der Waals surface area contributed by atoms with Gasteiger partial charge in [0.15, 0.2) is 0 Å². The number of carbonyl (C=O) groups is 1. The molecular weight excluding hydrogens is 296 g/mol. The first-order chi connectivity index (χ1) is 9.97. The highest BCUT2D eigenvalue weighted by atomic mass is 32.2. The van der Waals surface area contributed by atoms with Crippen LogP contribution >= 0.6 is 0 Å². The van der Waals surface area contributed by atoms with Crippen molar-refractivity contribution in [2.45, 2.75) is 30.3 Å². The van der Waals surface area contributed by atoms with Crippen LogP contribution in [0.4, 0.5) is 0 Å². The zero-order valence-electron chi connectivity index (χ0n) is 11.0. The standard InChI is InChI=1S/C13H14N2O5S/c16-13(17)12-5-11(7-15(12)10-1-2-10)21(18,19)14-6-9-3-4-20-8-9/h3-5,7-8,10,14H,1-2,6H2,(H,16,17). The Morgan fingerprint density at radius 2 is 2.24 bits per heavy atom. The normalized spacial score (nSPS) is 15.2. The summed E-state index contributed by atoms with van der Waals surface area (Å²) >= 11 is 0. The molecular formula is C13H14N2O5S. The molecule has 112 valence electrons. The van der Waals surface area contributed by atoms with Crippen LogP contribution in [-0.4, -0.2) is 24.1 Å². The van der Waals surface area contributed by atoms with Crippen LogP contribution in [-0.2, 0) is 16.6 Å². The average Bonchev–Trinajstić information content (AvgIpc) is 2.97. The Balaban J connectivity index is 1.84. The molecule has 21 heavy (non-hydrogen) atoms. The van der Waals surface area contributed by atoms with Crippen molar-refractivity contribution in [2.24, 2.45) is 0 Å². The summed E-state index contributed by atoms with van der Waals surface area (Å²) in [5.74, 6) is -1.13. The summed E-state index contributed by atoms with van der Waals surface area (Å²) in [5.41, 5.74) is 0.694. The summed E-state index contributed by atoms with van der Waals surface area (Å²) in [6.45, 7) is 0.0931. The predicted octanol–water partition coefficient (Wildman–Crippen LogP) is 1.59. The topological polar surface area (TPSA) is 102 Å². The molecule has 0 aliphatic heterocycles. The minimum atomic E-state index is -3.75. The Labute approximate surface area is 121 Å². The molecule has 3 rings (SSSR count). The Morgan fingerprint density at radius 1 is 1.48 bits per heavy atom. The third kappa shape index (κ3) is 2.86. The molecule has 0 unspecified atom stereocenters. The maximum absolute atomic E-state index is 12.2. The van der Waals surface area contributed by atoms with Gasteiger partial charge >= 0.3 is 5.97 Å². The third-order valence-corrected chi connectivity index (χ3v) is 4.71. The second-order valence-corrected chi connectivity index (χ2v) is 6.73. The molecule has 7 nitrogen and oxygen atoms in total. The highest BCUT2D eigenvalue weighted by molar-refractivity contribution is 7.89. The molecule has 0 bridgehead atoms. The first-order valence-corrected chi connectivity index (χ1v) is 7.91. The van der Waals surface area contributed by atoms with E-state index in [4.69, 9.17) is 9.52 Å². The van der Waals surface area contributed by atoms with Crippen molar-refractivity contribution in [2.75, 3.05) is 0 Å². The molecule has 1 aliphatic carbocycles. The van der Waals surface area contributed by atoms with Gasteiger partial charge in [0.2, 0.25) is 10.0 Å². The molecule has 0 radical (unpaired) electrons. The van der Waals surface area contributed by atoms with Crippen molar-refractivity contribution in [1.29, 1.82) is 0 Å². The van der Waals surface area contributed by atoms with Crippen LogP contribution in [0.5, 0.6) is 0 Å². The third-order valence-electron chi connectivity index (χ3n) is 3.34. The van der Waals surface area contributed by atoms with E-state index in [1.165, 1.54) is 29.4 Å². The lowest BCUT2D eigenvalue weighted by Crippen LogP contribution is -2.22. The van der Waals surface area contributed by atoms with Crippen molar-refractivity contribution in [3.63, 3.8) is 0 Å². The van der Waals surface area contributed by atoms with E-state index in [9.17, 15) is 13.2 Å².